The van der Waals surface area contributed by atoms with Crippen LogP contribution in [0, 0.1) is 0 Å². The van der Waals surface area contributed by atoms with E-state index in [1.54, 1.807) is 41.6 Å². The number of halogens is 3. The number of anilines is 1. The highest BCUT2D eigenvalue weighted by Crippen LogP contribution is 2.31. The lowest BCUT2D eigenvalue weighted by atomic mass is 10.0. The Morgan fingerprint density at radius 2 is 1.62 bits per heavy atom. The van der Waals surface area contributed by atoms with Crippen LogP contribution in [0.25, 0.3) is 11.1 Å². The summed E-state index contributed by atoms with van der Waals surface area (Å²) in [5, 5.41) is 0. The molecule has 148 valence electrons. The predicted molar refractivity (Wildman–Crippen MR) is 107 cm³/mol. The zero-order valence-corrected chi connectivity index (χ0v) is 15.6. The van der Waals surface area contributed by atoms with Crippen molar-refractivity contribution in [2.75, 3.05) is 11.4 Å². The molecule has 1 heterocycles. The van der Waals surface area contributed by atoms with Crippen molar-refractivity contribution in [3.63, 3.8) is 0 Å². The molecule has 0 saturated carbocycles. The van der Waals surface area contributed by atoms with Gasteiger partial charge in [-0.1, -0.05) is 36.9 Å². The summed E-state index contributed by atoms with van der Waals surface area (Å²) in [5.41, 5.74) is 2.45. The number of nitrogens with zero attached hydrogens (tertiary/aromatic N) is 2. The first-order chi connectivity index (χ1) is 13.9. The fourth-order valence-corrected chi connectivity index (χ4v) is 2.95. The number of amides is 1. The van der Waals surface area contributed by atoms with Gasteiger partial charge in [0.05, 0.1) is 5.56 Å². The number of carbonyl (C=O) groups is 1. The monoisotopic (exact) mass is 396 g/mol. The third kappa shape index (κ3) is 5.10. The smallest absolute Gasteiger partial charge is 0.309 e. The van der Waals surface area contributed by atoms with Crippen molar-refractivity contribution in [2.24, 2.45) is 0 Å². The van der Waals surface area contributed by atoms with Crippen molar-refractivity contribution in [3.05, 3.63) is 96.8 Å². The third-order valence-electron chi connectivity index (χ3n) is 4.51. The Bertz CT molecular complexity index is 966. The second-order valence-electron chi connectivity index (χ2n) is 6.43. The molecule has 0 atom stereocenters. The number of pyridine rings is 1. The first-order valence-corrected chi connectivity index (χ1v) is 8.99. The Morgan fingerprint density at radius 3 is 2.14 bits per heavy atom. The van der Waals surface area contributed by atoms with Gasteiger partial charge in [0, 0.05) is 24.6 Å². The van der Waals surface area contributed by atoms with Gasteiger partial charge in [-0.25, -0.2) is 0 Å². The van der Waals surface area contributed by atoms with E-state index in [1.807, 2.05) is 12.1 Å². The normalized spacial score (nSPS) is 11.1. The fourth-order valence-electron chi connectivity index (χ4n) is 2.95. The molecule has 6 heteroatoms. The van der Waals surface area contributed by atoms with Crippen LogP contribution in [0.4, 0.5) is 18.9 Å². The molecule has 0 spiro atoms. The summed E-state index contributed by atoms with van der Waals surface area (Å²) in [4.78, 5) is 18.0. The molecule has 0 unspecified atom stereocenters. The quantitative estimate of drug-likeness (QED) is 0.514. The minimum Gasteiger partial charge on any atom is -0.309 e. The molecule has 3 aromatic rings. The van der Waals surface area contributed by atoms with Gasteiger partial charge < -0.3 is 4.90 Å². The first kappa shape index (κ1) is 20.3. The predicted octanol–water partition coefficient (Wildman–Crippen LogP) is 5.53. The van der Waals surface area contributed by atoms with E-state index in [2.05, 4.69) is 11.6 Å². The molecule has 0 N–H and O–H groups in total. The lowest BCUT2D eigenvalue weighted by molar-refractivity contribution is -0.137. The Balaban J connectivity index is 1.78. The molecule has 0 radical (unpaired) electrons. The fraction of sp³-hybridized carbons (Fsp3) is 0.130. The van der Waals surface area contributed by atoms with Gasteiger partial charge in [0.1, 0.15) is 0 Å². The average molecular weight is 396 g/mol. The molecular weight excluding hydrogens is 377 g/mol. The molecule has 0 fully saturated rings. The minimum atomic E-state index is -4.36. The summed E-state index contributed by atoms with van der Waals surface area (Å²) >= 11 is 0. The third-order valence-corrected chi connectivity index (χ3v) is 4.51. The van der Waals surface area contributed by atoms with E-state index in [-0.39, 0.29) is 5.91 Å². The number of alkyl halides is 3. The number of hydrogen-bond donors (Lipinski definition) is 0. The maximum atomic E-state index is 12.7. The average Bonchev–Trinajstić information content (AvgIpc) is 2.74. The SMILES string of the molecule is C=CC(=O)N(CCc1cccnc1)c1ccc(-c2ccc(C(F)(F)F)cc2)cc1. The number of benzene rings is 2. The minimum absolute atomic E-state index is 0.226. The number of hydrogen-bond acceptors (Lipinski definition) is 2. The molecule has 0 bridgehead atoms. The Morgan fingerprint density at radius 1 is 1.00 bits per heavy atom. The van der Waals surface area contributed by atoms with Gasteiger partial charge in [-0.3, -0.25) is 9.78 Å². The Labute approximate surface area is 167 Å². The number of aromatic nitrogens is 1. The molecule has 2 aromatic carbocycles. The van der Waals surface area contributed by atoms with Gasteiger partial charge in [0.15, 0.2) is 0 Å². The highest BCUT2D eigenvalue weighted by Gasteiger charge is 2.29. The van der Waals surface area contributed by atoms with Crippen LogP contribution in [0.1, 0.15) is 11.1 Å². The molecule has 1 amide bonds. The highest BCUT2D eigenvalue weighted by atomic mass is 19.4. The number of carbonyl (C=O) groups excluding carboxylic acids is 1. The van der Waals surface area contributed by atoms with Crippen LogP contribution in [-0.4, -0.2) is 17.4 Å². The molecule has 29 heavy (non-hydrogen) atoms. The summed E-state index contributed by atoms with van der Waals surface area (Å²) in [7, 11) is 0. The summed E-state index contributed by atoms with van der Waals surface area (Å²) in [5.74, 6) is -0.226. The first-order valence-electron chi connectivity index (χ1n) is 8.99. The van der Waals surface area contributed by atoms with E-state index >= 15 is 0 Å². The molecule has 0 aliphatic rings. The standard InChI is InChI=1S/C23H19F3N2O/c1-2-22(29)28(15-13-17-4-3-14-27-16-17)21-11-7-19(8-12-21)18-5-9-20(10-6-18)23(24,25)26/h2-12,14,16H,1,13,15H2. The van der Waals surface area contributed by atoms with E-state index < -0.39 is 11.7 Å². The summed E-state index contributed by atoms with van der Waals surface area (Å²) < 4.78 is 38.2. The summed E-state index contributed by atoms with van der Waals surface area (Å²) in [6, 6.07) is 15.9. The maximum absolute atomic E-state index is 12.7. The molecule has 3 nitrogen and oxygen atoms in total. The van der Waals surface area contributed by atoms with Crippen molar-refractivity contribution in [2.45, 2.75) is 12.6 Å². The van der Waals surface area contributed by atoms with Gasteiger partial charge in [0.25, 0.3) is 0 Å². The van der Waals surface area contributed by atoms with Crippen molar-refractivity contribution in [1.29, 1.82) is 0 Å². The van der Waals surface area contributed by atoms with E-state index in [1.165, 1.54) is 18.2 Å². The van der Waals surface area contributed by atoms with E-state index in [4.69, 9.17) is 0 Å². The zero-order valence-electron chi connectivity index (χ0n) is 15.6. The molecule has 1 aromatic heterocycles. The van der Waals surface area contributed by atoms with Crippen LogP contribution in [0.5, 0.6) is 0 Å². The van der Waals surface area contributed by atoms with Gasteiger partial charge in [-0.05, 0) is 59.5 Å². The van der Waals surface area contributed by atoms with Crippen molar-refractivity contribution in [1.82, 2.24) is 4.98 Å². The lowest BCUT2D eigenvalue weighted by Gasteiger charge is -2.22. The molecule has 3 rings (SSSR count). The van der Waals surface area contributed by atoms with Crippen molar-refractivity contribution < 1.29 is 18.0 Å². The summed E-state index contributed by atoms with van der Waals surface area (Å²) in [6.07, 6.45) is 0.976. The van der Waals surface area contributed by atoms with E-state index in [0.29, 0.717) is 24.2 Å². The number of rotatable bonds is 6. The lowest BCUT2D eigenvalue weighted by Crippen LogP contribution is -2.31. The van der Waals surface area contributed by atoms with Crippen molar-refractivity contribution in [3.8, 4) is 11.1 Å². The van der Waals surface area contributed by atoms with Crippen LogP contribution in [-0.2, 0) is 17.4 Å². The van der Waals surface area contributed by atoms with Crippen LogP contribution >= 0.6 is 0 Å². The topological polar surface area (TPSA) is 33.2 Å². The van der Waals surface area contributed by atoms with E-state index in [9.17, 15) is 18.0 Å². The molecule has 0 aliphatic heterocycles. The van der Waals surface area contributed by atoms with E-state index in [0.717, 1.165) is 23.3 Å². The summed E-state index contributed by atoms with van der Waals surface area (Å²) in [6.45, 7) is 4.01. The van der Waals surface area contributed by atoms with Crippen LogP contribution in [0.2, 0.25) is 0 Å². The van der Waals surface area contributed by atoms with Gasteiger partial charge in [-0.2, -0.15) is 13.2 Å². The van der Waals surface area contributed by atoms with Crippen LogP contribution in [0.3, 0.4) is 0 Å². The maximum Gasteiger partial charge on any atom is 0.416 e. The largest absolute Gasteiger partial charge is 0.416 e. The van der Waals surface area contributed by atoms with Crippen LogP contribution in [0.15, 0.2) is 85.7 Å². The van der Waals surface area contributed by atoms with Crippen LogP contribution < -0.4 is 4.90 Å². The van der Waals surface area contributed by atoms with Gasteiger partial charge in [-0.15, -0.1) is 0 Å². The highest BCUT2D eigenvalue weighted by molar-refractivity contribution is 6.01. The Hall–Kier alpha value is -3.41. The van der Waals surface area contributed by atoms with Gasteiger partial charge >= 0.3 is 6.18 Å². The second kappa shape index (κ2) is 8.73. The zero-order chi connectivity index (χ0) is 20.9. The Kier molecular flexibility index (Phi) is 6.12. The molecule has 0 aliphatic carbocycles. The molecule has 0 saturated heterocycles. The van der Waals surface area contributed by atoms with Crippen molar-refractivity contribution >= 4 is 11.6 Å². The molecular formula is C23H19F3N2O. The second-order valence-corrected chi connectivity index (χ2v) is 6.43. The van der Waals surface area contributed by atoms with Gasteiger partial charge in [0.2, 0.25) is 5.91 Å².